The Bertz CT molecular complexity index is 456. The largest absolute Gasteiger partial charge is 0.409 e. The van der Waals surface area contributed by atoms with E-state index in [9.17, 15) is 0 Å². The van der Waals surface area contributed by atoms with Crippen LogP contribution in [0.5, 0.6) is 0 Å². The molecule has 1 aromatic carbocycles. The van der Waals surface area contributed by atoms with Crippen LogP contribution in [0.15, 0.2) is 24.3 Å². The summed E-state index contributed by atoms with van der Waals surface area (Å²) in [6.07, 6.45) is 4.48. The van der Waals surface area contributed by atoms with Crippen LogP contribution in [0.25, 0.3) is 6.08 Å². The standard InChI is InChI=1S/C19H32OSi/c1-8-21(9-2,10-3)20-19(6,7)15-14-18-16(4)12-11-13-17(18)5/h11-15H,8-10H2,1-7H3/b15-14-. The molecule has 0 saturated carbocycles. The molecule has 1 aromatic rings. The molecule has 0 spiro atoms. The predicted octanol–water partition coefficient (Wildman–Crippen LogP) is 6.12. The second kappa shape index (κ2) is 7.41. The Morgan fingerprint density at radius 1 is 1.00 bits per heavy atom. The van der Waals surface area contributed by atoms with Gasteiger partial charge in [0.05, 0.1) is 5.60 Å². The fourth-order valence-electron chi connectivity index (χ4n) is 2.93. The molecule has 0 fully saturated rings. The van der Waals surface area contributed by atoms with E-state index in [0.717, 1.165) is 0 Å². The molecule has 0 unspecified atom stereocenters. The average molecular weight is 305 g/mol. The van der Waals surface area contributed by atoms with Crippen molar-refractivity contribution in [1.82, 2.24) is 0 Å². The first kappa shape index (κ1) is 18.2. The van der Waals surface area contributed by atoms with E-state index in [0.29, 0.717) is 0 Å². The molecule has 21 heavy (non-hydrogen) atoms. The Kier molecular flexibility index (Phi) is 6.42. The van der Waals surface area contributed by atoms with Gasteiger partial charge < -0.3 is 4.43 Å². The third kappa shape index (κ3) is 4.82. The summed E-state index contributed by atoms with van der Waals surface area (Å²) in [5.74, 6) is 0. The lowest BCUT2D eigenvalue weighted by Gasteiger charge is -2.36. The summed E-state index contributed by atoms with van der Waals surface area (Å²) >= 11 is 0. The van der Waals surface area contributed by atoms with Crippen molar-refractivity contribution in [1.29, 1.82) is 0 Å². The molecular formula is C19H32OSi. The van der Waals surface area contributed by atoms with E-state index in [2.05, 4.69) is 78.8 Å². The number of hydrogen-bond acceptors (Lipinski definition) is 1. The van der Waals surface area contributed by atoms with Gasteiger partial charge in [0.15, 0.2) is 8.32 Å². The van der Waals surface area contributed by atoms with Crippen LogP contribution in [0.1, 0.15) is 51.3 Å². The zero-order chi connectivity index (χ0) is 16.1. The van der Waals surface area contributed by atoms with Gasteiger partial charge in [0, 0.05) is 0 Å². The van der Waals surface area contributed by atoms with Crippen LogP contribution < -0.4 is 0 Å². The van der Waals surface area contributed by atoms with Crippen molar-refractivity contribution >= 4 is 14.4 Å². The maximum absolute atomic E-state index is 6.63. The lowest BCUT2D eigenvalue weighted by molar-refractivity contribution is 0.147. The Labute approximate surface area is 132 Å². The molecule has 0 amide bonds. The van der Waals surface area contributed by atoms with Crippen LogP contribution in [0.3, 0.4) is 0 Å². The van der Waals surface area contributed by atoms with E-state index in [1.807, 2.05) is 0 Å². The van der Waals surface area contributed by atoms with Crippen molar-refractivity contribution < 1.29 is 4.43 Å². The molecule has 118 valence electrons. The third-order valence-corrected chi connectivity index (χ3v) is 9.43. The second-order valence-corrected chi connectivity index (χ2v) is 11.3. The maximum atomic E-state index is 6.63. The topological polar surface area (TPSA) is 9.23 Å². The Hall–Kier alpha value is -0.863. The first-order valence-corrected chi connectivity index (χ1v) is 10.8. The van der Waals surface area contributed by atoms with Gasteiger partial charge in [-0.1, -0.05) is 51.1 Å². The van der Waals surface area contributed by atoms with Crippen molar-refractivity contribution in [3.63, 3.8) is 0 Å². The molecule has 1 nitrogen and oxygen atoms in total. The molecule has 0 radical (unpaired) electrons. The van der Waals surface area contributed by atoms with Crippen LogP contribution in [0.4, 0.5) is 0 Å². The van der Waals surface area contributed by atoms with E-state index in [4.69, 9.17) is 4.43 Å². The van der Waals surface area contributed by atoms with E-state index in [1.54, 1.807) is 0 Å². The number of rotatable bonds is 7. The minimum atomic E-state index is -1.57. The van der Waals surface area contributed by atoms with Crippen LogP contribution in [-0.4, -0.2) is 13.9 Å². The second-order valence-electron chi connectivity index (χ2n) is 6.59. The Morgan fingerprint density at radius 2 is 1.48 bits per heavy atom. The summed E-state index contributed by atoms with van der Waals surface area (Å²) in [5, 5.41) is 0. The molecule has 0 heterocycles. The van der Waals surface area contributed by atoms with Crippen molar-refractivity contribution in [3.8, 4) is 0 Å². The Morgan fingerprint density at radius 3 is 1.90 bits per heavy atom. The molecule has 0 aromatic heterocycles. The fourth-order valence-corrected chi connectivity index (χ4v) is 6.05. The first-order chi connectivity index (χ1) is 9.79. The van der Waals surface area contributed by atoms with Crippen LogP contribution in [-0.2, 0) is 4.43 Å². The van der Waals surface area contributed by atoms with Crippen molar-refractivity contribution in [3.05, 3.63) is 41.0 Å². The van der Waals surface area contributed by atoms with Gasteiger partial charge in [-0.25, -0.2) is 0 Å². The van der Waals surface area contributed by atoms with E-state index in [1.165, 1.54) is 34.8 Å². The fraction of sp³-hybridized carbons (Fsp3) is 0.579. The number of aryl methyl sites for hydroxylation is 2. The molecule has 0 aliphatic rings. The normalized spacial score (nSPS) is 13.1. The molecule has 0 aliphatic heterocycles. The molecule has 2 heteroatoms. The monoisotopic (exact) mass is 304 g/mol. The molecule has 0 atom stereocenters. The summed E-state index contributed by atoms with van der Waals surface area (Å²) in [6, 6.07) is 10.0. The molecular weight excluding hydrogens is 272 g/mol. The first-order valence-electron chi connectivity index (χ1n) is 8.24. The van der Waals surface area contributed by atoms with Gasteiger partial charge in [0.1, 0.15) is 0 Å². The maximum Gasteiger partial charge on any atom is 0.193 e. The number of benzene rings is 1. The van der Waals surface area contributed by atoms with Gasteiger partial charge in [-0.3, -0.25) is 0 Å². The quantitative estimate of drug-likeness (QED) is 0.552. The average Bonchev–Trinajstić information content (AvgIpc) is 2.44. The summed E-state index contributed by atoms with van der Waals surface area (Å²) < 4.78 is 6.63. The van der Waals surface area contributed by atoms with Crippen molar-refractivity contribution in [2.45, 2.75) is 72.2 Å². The summed E-state index contributed by atoms with van der Waals surface area (Å²) in [5.41, 5.74) is 3.79. The minimum Gasteiger partial charge on any atom is -0.409 e. The highest BCUT2D eigenvalue weighted by atomic mass is 28.4. The molecule has 1 rings (SSSR count). The van der Waals surface area contributed by atoms with Crippen LogP contribution >= 0.6 is 0 Å². The molecule has 0 N–H and O–H groups in total. The third-order valence-electron chi connectivity index (χ3n) is 4.61. The lowest BCUT2D eigenvalue weighted by atomic mass is 10.0. The predicted molar refractivity (Wildman–Crippen MR) is 97.3 cm³/mol. The lowest BCUT2D eigenvalue weighted by Crippen LogP contribution is -2.43. The number of hydrogen-bond donors (Lipinski definition) is 0. The highest BCUT2D eigenvalue weighted by Gasteiger charge is 2.34. The Balaban J connectivity index is 2.96. The van der Waals surface area contributed by atoms with E-state index in [-0.39, 0.29) is 5.60 Å². The molecule has 0 bridgehead atoms. The smallest absolute Gasteiger partial charge is 0.193 e. The van der Waals surface area contributed by atoms with Crippen molar-refractivity contribution in [2.24, 2.45) is 0 Å². The van der Waals surface area contributed by atoms with Crippen molar-refractivity contribution in [2.75, 3.05) is 0 Å². The van der Waals surface area contributed by atoms with Gasteiger partial charge in [-0.05, 0) is 62.5 Å². The summed E-state index contributed by atoms with van der Waals surface area (Å²) in [7, 11) is -1.57. The van der Waals surface area contributed by atoms with Crippen LogP contribution in [0.2, 0.25) is 18.1 Å². The van der Waals surface area contributed by atoms with E-state index >= 15 is 0 Å². The SMILES string of the molecule is CC[Si](CC)(CC)OC(C)(C)/C=C\c1c(C)cccc1C. The van der Waals surface area contributed by atoms with Gasteiger partial charge in [0.2, 0.25) is 0 Å². The zero-order valence-electron chi connectivity index (χ0n) is 14.9. The van der Waals surface area contributed by atoms with Gasteiger partial charge in [-0.15, -0.1) is 0 Å². The highest BCUT2D eigenvalue weighted by molar-refractivity contribution is 6.73. The van der Waals surface area contributed by atoms with E-state index < -0.39 is 8.32 Å². The summed E-state index contributed by atoms with van der Waals surface area (Å²) in [4.78, 5) is 0. The van der Waals surface area contributed by atoms with Gasteiger partial charge in [0.25, 0.3) is 0 Å². The molecule has 0 aliphatic carbocycles. The summed E-state index contributed by atoms with van der Waals surface area (Å²) in [6.45, 7) is 15.6. The van der Waals surface area contributed by atoms with Gasteiger partial charge in [-0.2, -0.15) is 0 Å². The molecule has 0 saturated heterocycles. The minimum absolute atomic E-state index is 0.191. The van der Waals surface area contributed by atoms with Crippen LogP contribution in [0, 0.1) is 13.8 Å². The van der Waals surface area contributed by atoms with Gasteiger partial charge >= 0.3 is 0 Å². The zero-order valence-corrected chi connectivity index (χ0v) is 15.9. The highest BCUT2D eigenvalue weighted by Crippen LogP contribution is 2.29.